The van der Waals surface area contributed by atoms with Gasteiger partial charge < -0.3 is 14.8 Å². The predicted octanol–water partition coefficient (Wildman–Crippen LogP) is 3.82. The first kappa shape index (κ1) is 14.7. The number of para-hydroxylation sites is 2. The van der Waals surface area contributed by atoms with Gasteiger partial charge in [-0.2, -0.15) is 0 Å². The fourth-order valence-electron chi connectivity index (χ4n) is 2.29. The van der Waals surface area contributed by atoms with Gasteiger partial charge in [-0.3, -0.25) is 4.79 Å². The van der Waals surface area contributed by atoms with Gasteiger partial charge in [0, 0.05) is 10.7 Å². The molecule has 0 aromatic heterocycles. The Morgan fingerprint density at radius 1 is 1.14 bits per heavy atom. The lowest BCUT2D eigenvalue weighted by Gasteiger charge is -2.31. The number of benzene rings is 2. The van der Waals surface area contributed by atoms with Crippen LogP contribution in [0, 0.1) is 6.92 Å². The van der Waals surface area contributed by atoms with Crippen LogP contribution in [0.15, 0.2) is 42.5 Å². The standard InChI is InChI=1S/C17H16ClNO3/c1-10-7-8-12(9-13(10)18)19-17(20)16-11(2)21-14-5-3-4-6-15(14)22-16/h3-9,11,16H,1-2H3,(H,19,20). The number of halogens is 1. The minimum absolute atomic E-state index is 0.262. The zero-order chi connectivity index (χ0) is 15.7. The Kier molecular flexibility index (Phi) is 3.94. The molecule has 0 spiro atoms. The van der Waals surface area contributed by atoms with Gasteiger partial charge in [-0.1, -0.05) is 29.8 Å². The van der Waals surface area contributed by atoms with Crippen LogP contribution in [0.1, 0.15) is 12.5 Å². The molecule has 22 heavy (non-hydrogen) atoms. The van der Waals surface area contributed by atoms with Crippen molar-refractivity contribution in [1.29, 1.82) is 0 Å². The van der Waals surface area contributed by atoms with Gasteiger partial charge in [-0.15, -0.1) is 0 Å². The van der Waals surface area contributed by atoms with Gasteiger partial charge in [-0.25, -0.2) is 0 Å². The van der Waals surface area contributed by atoms with Crippen molar-refractivity contribution in [3.05, 3.63) is 53.1 Å². The molecule has 3 rings (SSSR count). The number of ether oxygens (including phenoxy) is 2. The first-order valence-corrected chi connectivity index (χ1v) is 7.42. The van der Waals surface area contributed by atoms with Crippen LogP contribution in [0.4, 0.5) is 5.69 Å². The van der Waals surface area contributed by atoms with Crippen molar-refractivity contribution in [1.82, 2.24) is 0 Å². The second-order valence-corrected chi connectivity index (χ2v) is 5.67. The molecular weight excluding hydrogens is 302 g/mol. The van der Waals surface area contributed by atoms with E-state index < -0.39 is 6.10 Å². The van der Waals surface area contributed by atoms with Crippen LogP contribution in [0.5, 0.6) is 11.5 Å². The van der Waals surface area contributed by atoms with Crippen molar-refractivity contribution in [3.63, 3.8) is 0 Å². The van der Waals surface area contributed by atoms with Gasteiger partial charge in [0.2, 0.25) is 6.10 Å². The molecule has 0 saturated heterocycles. The molecule has 0 fully saturated rings. The van der Waals surface area contributed by atoms with E-state index in [0.717, 1.165) is 5.56 Å². The van der Waals surface area contributed by atoms with Crippen molar-refractivity contribution in [2.45, 2.75) is 26.1 Å². The minimum atomic E-state index is -0.713. The Labute approximate surface area is 134 Å². The lowest BCUT2D eigenvalue weighted by atomic mass is 10.1. The summed E-state index contributed by atoms with van der Waals surface area (Å²) >= 11 is 6.07. The Balaban J connectivity index is 1.76. The van der Waals surface area contributed by atoms with Crippen LogP contribution in [0.2, 0.25) is 5.02 Å². The molecule has 0 bridgehead atoms. The number of rotatable bonds is 2. The van der Waals surface area contributed by atoms with Gasteiger partial charge in [0.25, 0.3) is 5.91 Å². The molecule has 0 saturated carbocycles. The van der Waals surface area contributed by atoms with Crippen LogP contribution < -0.4 is 14.8 Å². The smallest absolute Gasteiger partial charge is 0.269 e. The van der Waals surface area contributed by atoms with E-state index in [2.05, 4.69) is 5.32 Å². The largest absolute Gasteiger partial charge is 0.482 e. The average Bonchev–Trinajstić information content (AvgIpc) is 2.50. The third-order valence-corrected chi connectivity index (χ3v) is 3.95. The van der Waals surface area contributed by atoms with Crippen molar-refractivity contribution in [2.24, 2.45) is 0 Å². The number of anilines is 1. The van der Waals surface area contributed by atoms with E-state index >= 15 is 0 Å². The lowest BCUT2D eigenvalue weighted by Crippen LogP contribution is -2.46. The number of hydrogen-bond acceptors (Lipinski definition) is 3. The summed E-state index contributed by atoms with van der Waals surface area (Å²) in [6, 6.07) is 12.7. The van der Waals surface area contributed by atoms with E-state index in [-0.39, 0.29) is 12.0 Å². The second-order valence-electron chi connectivity index (χ2n) is 5.26. The molecule has 1 amide bonds. The Morgan fingerprint density at radius 3 is 2.50 bits per heavy atom. The van der Waals surface area contributed by atoms with Gasteiger partial charge in [0.15, 0.2) is 11.5 Å². The van der Waals surface area contributed by atoms with Crippen LogP contribution >= 0.6 is 11.6 Å². The molecule has 1 N–H and O–H groups in total. The first-order chi connectivity index (χ1) is 10.5. The van der Waals surface area contributed by atoms with Crippen molar-refractivity contribution >= 4 is 23.2 Å². The topological polar surface area (TPSA) is 47.6 Å². The van der Waals surface area contributed by atoms with Crippen LogP contribution in [0.25, 0.3) is 0 Å². The number of aryl methyl sites for hydroxylation is 1. The number of amides is 1. The summed E-state index contributed by atoms with van der Waals surface area (Å²) < 4.78 is 11.5. The van der Waals surface area contributed by atoms with Crippen molar-refractivity contribution < 1.29 is 14.3 Å². The van der Waals surface area contributed by atoms with Crippen LogP contribution in [-0.4, -0.2) is 18.1 Å². The SMILES string of the molecule is Cc1ccc(NC(=O)C2Oc3ccccc3OC2C)cc1Cl. The molecule has 2 aromatic carbocycles. The fourth-order valence-corrected chi connectivity index (χ4v) is 2.47. The Bertz CT molecular complexity index is 717. The summed E-state index contributed by atoms with van der Waals surface area (Å²) in [4.78, 5) is 12.4. The summed E-state index contributed by atoms with van der Waals surface area (Å²) in [5.74, 6) is 0.960. The minimum Gasteiger partial charge on any atom is -0.482 e. The highest BCUT2D eigenvalue weighted by atomic mass is 35.5. The zero-order valence-corrected chi connectivity index (χ0v) is 13.1. The molecular formula is C17H16ClNO3. The highest BCUT2D eigenvalue weighted by Crippen LogP contribution is 2.33. The van der Waals surface area contributed by atoms with E-state index in [4.69, 9.17) is 21.1 Å². The number of hydrogen-bond donors (Lipinski definition) is 1. The van der Waals surface area contributed by atoms with E-state index in [1.165, 1.54) is 0 Å². The molecule has 5 heteroatoms. The van der Waals surface area contributed by atoms with E-state index in [1.807, 2.05) is 38.1 Å². The molecule has 1 aliphatic rings. The molecule has 1 aliphatic heterocycles. The van der Waals surface area contributed by atoms with E-state index in [0.29, 0.717) is 22.2 Å². The summed E-state index contributed by atoms with van der Waals surface area (Å²) in [5.41, 5.74) is 1.59. The quantitative estimate of drug-likeness (QED) is 0.916. The normalized spacial score (nSPS) is 19.6. The fraction of sp³-hybridized carbons (Fsp3) is 0.235. The Morgan fingerprint density at radius 2 is 1.82 bits per heavy atom. The van der Waals surface area contributed by atoms with Gasteiger partial charge in [0.05, 0.1) is 0 Å². The third kappa shape index (κ3) is 2.88. The van der Waals surface area contributed by atoms with E-state index in [9.17, 15) is 4.79 Å². The number of carbonyl (C=O) groups excluding carboxylic acids is 1. The van der Waals surface area contributed by atoms with Gasteiger partial charge >= 0.3 is 0 Å². The number of nitrogens with one attached hydrogen (secondary N) is 1. The predicted molar refractivity (Wildman–Crippen MR) is 85.8 cm³/mol. The maximum atomic E-state index is 12.4. The highest BCUT2D eigenvalue weighted by molar-refractivity contribution is 6.31. The molecule has 2 unspecified atom stereocenters. The summed E-state index contributed by atoms with van der Waals surface area (Å²) in [6.07, 6.45) is -1.09. The maximum absolute atomic E-state index is 12.4. The second kappa shape index (κ2) is 5.89. The molecule has 114 valence electrons. The molecule has 1 heterocycles. The highest BCUT2D eigenvalue weighted by Gasteiger charge is 2.34. The van der Waals surface area contributed by atoms with Crippen molar-refractivity contribution in [2.75, 3.05) is 5.32 Å². The molecule has 0 aliphatic carbocycles. The third-order valence-electron chi connectivity index (χ3n) is 3.54. The van der Waals surface area contributed by atoms with E-state index in [1.54, 1.807) is 18.2 Å². The summed E-state index contributed by atoms with van der Waals surface area (Å²) in [6.45, 7) is 3.72. The maximum Gasteiger partial charge on any atom is 0.269 e. The first-order valence-electron chi connectivity index (χ1n) is 7.04. The molecule has 2 aromatic rings. The molecule has 4 nitrogen and oxygen atoms in total. The number of fused-ring (bicyclic) bond motifs is 1. The molecule has 2 atom stereocenters. The lowest BCUT2D eigenvalue weighted by molar-refractivity contribution is -0.128. The number of carbonyl (C=O) groups is 1. The van der Waals surface area contributed by atoms with Crippen LogP contribution in [0.3, 0.4) is 0 Å². The summed E-state index contributed by atoms with van der Waals surface area (Å²) in [5, 5.41) is 3.42. The average molecular weight is 318 g/mol. The van der Waals surface area contributed by atoms with Crippen molar-refractivity contribution in [3.8, 4) is 11.5 Å². The molecule has 0 radical (unpaired) electrons. The zero-order valence-electron chi connectivity index (χ0n) is 12.3. The monoisotopic (exact) mass is 317 g/mol. The Hall–Kier alpha value is -2.20. The summed E-state index contributed by atoms with van der Waals surface area (Å²) in [7, 11) is 0. The van der Waals surface area contributed by atoms with Gasteiger partial charge in [-0.05, 0) is 43.7 Å². The van der Waals surface area contributed by atoms with Gasteiger partial charge in [0.1, 0.15) is 6.10 Å². The van der Waals surface area contributed by atoms with Crippen LogP contribution in [-0.2, 0) is 4.79 Å².